The number of aromatic amines is 1. The number of hydrogen-bond acceptors (Lipinski definition) is 6. The van der Waals surface area contributed by atoms with Crippen LogP contribution in [0.25, 0.3) is 11.0 Å². The van der Waals surface area contributed by atoms with Gasteiger partial charge >= 0.3 is 5.16 Å². The van der Waals surface area contributed by atoms with Crippen LogP contribution in [0.2, 0.25) is 0 Å². The van der Waals surface area contributed by atoms with Crippen molar-refractivity contribution >= 4 is 22.2 Å². The molecular formula is C16H17N3O4S. The molecule has 8 heteroatoms. The van der Waals surface area contributed by atoms with Crippen LogP contribution in [0.1, 0.15) is 5.56 Å². The van der Waals surface area contributed by atoms with Gasteiger partial charge in [0.05, 0.1) is 33.0 Å². The van der Waals surface area contributed by atoms with E-state index in [2.05, 4.69) is 15.0 Å². The van der Waals surface area contributed by atoms with Crippen LogP contribution < -0.4 is 14.2 Å². The highest BCUT2D eigenvalue weighted by molar-refractivity contribution is 7.90. The van der Waals surface area contributed by atoms with Crippen molar-refractivity contribution in [1.82, 2.24) is 15.0 Å². The maximum absolute atomic E-state index is 12.6. The van der Waals surface area contributed by atoms with Crippen LogP contribution in [0.5, 0.6) is 17.2 Å². The van der Waals surface area contributed by atoms with E-state index in [1.807, 2.05) is 0 Å². The van der Waals surface area contributed by atoms with Crippen LogP contribution in [0.3, 0.4) is 0 Å². The molecule has 1 aromatic carbocycles. The molecular weight excluding hydrogens is 330 g/mol. The molecule has 0 radical (unpaired) electrons. The topological polar surface area (TPSA) is 92.3 Å². The van der Waals surface area contributed by atoms with Gasteiger partial charge in [0.15, 0.2) is 11.5 Å². The molecule has 1 unspecified atom stereocenters. The van der Waals surface area contributed by atoms with Crippen molar-refractivity contribution < 1.29 is 18.8 Å². The Kier molecular flexibility index (Phi) is 4.77. The number of ether oxygens (including phenoxy) is 3. The molecule has 7 nitrogen and oxygen atoms in total. The van der Waals surface area contributed by atoms with Crippen LogP contribution in [0.4, 0.5) is 0 Å². The molecule has 0 aliphatic rings. The summed E-state index contributed by atoms with van der Waals surface area (Å²) >= 11 is -1.34. The van der Waals surface area contributed by atoms with Crippen molar-refractivity contribution in [2.24, 2.45) is 0 Å². The fourth-order valence-corrected chi connectivity index (χ4v) is 3.41. The number of pyridine rings is 1. The Morgan fingerprint density at radius 2 is 1.83 bits per heavy atom. The second-order valence-electron chi connectivity index (χ2n) is 4.96. The van der Waals surface area contributed by atoms with Crippen LogP contribution >= 0.6 is 0 Å². The fraction of sp³-hybridized carbons (Fsp3) is 0.250. The average Bonchev–Trinajstić information content (AvgIpc) is 3.05. The molecule has 0 spiro atoms. The largest absolute Gasteiger partial charge is 0.609 e. The highest BCUT2D eigenvalue weighted by Crippen LogP contribution is 2.38. The van der Waals surface area contributed by atoms with Gasteiger partial charge in [0.2, 0.25) is 5.75 Å². The Balaban J connectivity index is 1.89. The van der Waals surface area contributed by atoms with Crippen LogP contribution in [-0.4, -0.2) is 40.8 Å². The molecule has 1 N–H and O–H groups in total. The third-order valence-corrected chi connectivity index (χ3v) is 4.72. The first-order chi connectivity index (χ1) is 11.7. The van der Waals surface area contributed by atoms with Gasteiger partial charge in [-0.3, -0.25) is 9.97 Å². The standard InChI is InChI=1S/C16H17N3O4S/c1-21-13-6-10(7-14(22-2)15(13)23-3)9-24(20)16-18-11-4-5-17-8-12(11)19-16/h4-8H,9H2,1-3H3,(H,18,19). The van der Waals surface area contributed by atoms with E-state index < -0.39 is 11.2 Å². The quantitative estimate of drug-likeness (QED) is 0.688. The summed E-state index contributed by atoms with van der Waals surface area (Å²) in [6, 6.07) is 5.36. The van der Waals surface area contributed by atoms with E-state index in [1.54, 1.807) is 51.9 Å². The van der Waals surface area contributed by atoms with E-state index in [4.69, 9.17) is 14.2 Å². The zero-order valence-electron chi connectivity index (χ0n) is 13.5. The van der Waals surface area contributed by atoms with Gasteiger partial charge in [0.25, 0.3) is 0 Å². The summed E-state index contributed by atoms with van der Waals surface area (Å²) in [5.41, 5.74) is 2.28. The lowest BCUT2D eigenvalue weighted by atomic mass is 10.2. The molecule has 0 amide bonds. The normalized spacial score (nSPS) is 12.2. The van der Waals surface area contributed by atoms with Crippen molar-refractivity contribution in [2.75, 3.05) is 21.3 Å². The third kappa shape index (κ3) is 3.10. The molecule has 3 rings (SSSR count). The Bertz CT molecular complexity index is 794. The van der Waals surface area contributed by atoms with Gasteiger partial charge in [0.1, 0.15) is 11.3 Å². The number of hydrogen-bond donors (Lipinski definition) is 1. The van der Waals surface area contributed by atoms with Crippen LogP contribution in [0.15, 0.2) is 35.7 Å². The Hall–Kier alpha value is -2.45. The predicted octanol–water partition coefficient (Wildman–Crippen LogP) is 2.29. The van der Waals surface area contributed by atoms with E-state index in [0.29, 0.717) is 27.9 Å². The van der Waals surface area contributed by atoms with Crippen molar-refractivity contribution in [1.29, 1.82) is 0 Å². The highest BCUT2D eigenvalue weighted by Gasteiger charge is 2.20. The Morgan fingerprint density at radius 3 is 2.42 bits per heavy atom. The van der Waals surface area contributed by atoms with Crippen molar-refractivity contribution in [3.63, 3.8) is 0 Å². The molecule has 0 aliphatic heterocycles. The number of H-pyrrole nitrogens is 1. The second kappa shape index (κ2) is 6.98. The van der Waals surface area contributed by atoms with E-state index in [1.165, 1.54) is 0 Å². The number of nitrogens with zero attached hydrogens (tertiary/aromatic N) is 2. The van der Waals surface area contributed by atoms with E-state index in [0.717, 1.165) is 11.1 Å². The van der Waals surface area contributed by atoms with Crippen molar-refractivity contribution in [3.8, 4) is 17.2 Å². The number of aromatic nitrogens is 3. The number of nitrogens with one attached hydrogen (secondary N) is 1. The molecule has 2 aromatic heterocycles. The SMILES string of the molecule is COc1cc(C[S+]([O-])c2nc3cnccc3[nH]2)cc(OC)c1OC. The lowest BCUT2D eigenvalue weighted by Gasteiger charge is -2.14. The first-order valence-electron chi connectivity index (χ1n) is 7.13. The lowest BCUT2D eigenvalue weighted by Crippen LogP contribution is -2.08. The fourth-order valence-electron chi connectivity index (χ4n) is 2.38. The predicted molar refractivity (Wildman–Crippen MR) is 90.1 cm³/mol. The molecule has 0 saturated heterocycles. The van der Waals surface area contributed by atoms with Gasteiger partial charge in [-0.1, -0.05) is 0 Å². The minimum absolute atomic E-state index is 0.268. The molecule has 0 bridgehead atoms. The first kappa shape index (κ1) is 16.4. The summed E-state index contributed by atoms with van der Waals surface area (Å²) in [5.74, 6) is 1.82. The zero-order chi connectivity index (χ0) is 17.1. The minimum atomic E-state index is -1.34. The summed E-state index contributed by atoms with van der Waals surface area (Å²) in [5, 5.41) is 0.409. The van der Waals surface area contributed by atoms with Crippen molar-refractivity contribution in [2.45, 2.75) is 10.9 Å². The molecule has 1 atom stereocenters. The Morgan fingerprint density at radius 1 is 1.12 bits per heavy atom. The minimum Gasteiger partial charge on any atom is -0.609 e. The zero-order valence-corrected chi connectivity index (χ0v) is 14.3. The summed E-state index contributed by atoms with van der Waals surface area (Å²) in [7, 11) is 4.63. The second-order valence-corrected chi connectivity index (χ2v) is 6.32. The van der Waals surface area contributed by atoms with Gasteiger partial charge < -0.3 is 18.8 Å². The molecule has 24 heavy (non-hydrogen) atoms. The number of fused-ring (bicyclic) bond motifs is 1. The van der Waals surface area contributed by atoms with E-state index in [9.17, 15) is 4.55 Å². The van der Waals surface area contributed by atoms with Gasteiger partial charge in [-0.05, 0) is 18.2 Å². The van der Waals surface area contributed by atoms with E-state index in [-0.39, 0.29) is 5.75 Å². The average molecular weight is 347 g/mol. The van der Waals surface area contributed by atoms with Gasteiger partial charge in [0, 0.05) is 22.9 Å². The molecule has 0 fully saturated rings. The lowest BCUT2D eigenvalue weighted by molar-refractivity contribution is 0.324. The maximum Gasteiger partial charge on any atom is 0.322 e. The van der Waals surface area contributed by atoms with Crippen molar-refractivity contribution in [3.05, 3.63) is 36.2 Å². The highest BCUT2D eigenvalue weighted by atomic mass is 32.2. The maximum atomic E-state index is 12.6. The van der Waals surface area contributed by atoms with Gasteiger partial charge in [-0.25, -0.2) is 0 Å². The monoisotopic (exact) mass is 347 g/mol. The molecule has 126 valence electrons. The summed E-state index contributed by atoms with van der Waals surface area (Å²) in [6.45, 7) is 0. The molecule has 0 aliphatic carbocycles. The number of benzene rings is 1. The summed E-state index contributed by atoms with van der Waals surface area (Å²) < 4.78 is 28.6. The molecule has 3 aromatic rings. The molecule has 0 saturated carbocycles. The summed E-state index contributed by atoms with van der Waals surface area (Å²) in [6.07, 6.45) is 3.29. The summed E-state index contributed by atoms with van der Waals surface area (Å²) in [4.78, 5) is 11.4. The van der Waals surface area contributed by atoms with Crippen LogP contribution in [0, 0.1) is 0 Å². The first-order valence-corrected chi connectivity index (χ1v) is 8.45. The Labute approximate surface area is 142 Å². The smallest absolute Gasteiger partial charge is 0.322 e. The molecule has 2 heterocycles. The van der Waals surface area contributed by atoms with Gasteiger partial charge in [-0.15, -0.1) is 0 Å². The number of methoxy groups -OCH3 is 3. The third-order valence-electron chi connectivity index (χ3n) is 3.50. The van der Waals surface area contributed by atoms with Gasteiger partial charge in [-0.2, -0.15) is 4.98 Å². The van der Waals surface area contributed by atoms with Crippen LogP contribution in [-0.2, 0) is 16.9 Å². The van der Waals surface area contributed by atoms with E-state index >= 15 is 0 Å². The number of imidazole rings is 1. The number of rotatable bonds is 6.